The van der Waals surface area contributed by atoms with Crippen molar-refractivity contribution < 1.29 is 9.53 Å². The van der Waals surface area contributed by atoms with E-state index in [-0.39, 0.29) is 18.1 Å². The molecule has 1 aliphatic heterocycles. The number of ether oxygens (including phenoxy) is 1. The second-order valence-electron chi connectivity index (χ2n) is 8.41. The van der Waals surface area contributed by atoms with Crippen molar-refractivity contribution in [3.63, 3.8) is 0 Å². The quantitative estimate of drug-likeness (QED) is 0.453. The lowest BCUT2D eigenvalue weighted by atomic mass is 9.88. The van der Waals surface area contributed by atoms with Crippen LogP contribution >= 0.6 is 0 Å². The van der Waals surface area contributed by atoms with E-state index < -0.39 is 0 Å². The number of fused-ring (bicyclic) bond motifs is 2. The van der Waals surface area contributed by atoms with E-state index in [2.05, 4.69) is 66.3 Å². The monoisotopic (exact) mass is 428 g/mol. The fraction of sp³-hybridized carbons (Fsp3) is 0.269. The normalized spacial score (nSPS) is 14.9. The summed E-state index contributed by atoms with van der Waals surface area (Å²) in [6.45, 7) is 9.55. The number of carbonyl (C=O) groups is 1. The van der Waals surface area contributed by atoms with Crippen LogP contribution in [0.25, 0.3) is 16.5 Å². The number of nitrogens with one attached hydrogen (secondary N) is 1. The highest BCUT2D eigenvalue weighted by atomic mass is 16.5. The first-order valence-corrected chi connectivity index (χ1v) is 10.8. The Bertz CT molecular complexity index is 1210. The molecule has 0 fully saturated rings. The third-order valence-electron chi connectivity index (χ3n) is 5.68. The molecule has 1 N–H and O–H groups in total. The van der Waals surface area contributed by atoms with Gasteiger partial charge in [0, 0.05) is 29.4 Å². The number of hydrazone groups is 1. The Morgan fingerprint density at radius 3 is 2.84 bits per heavy atom. The molecule has 2 aromatic carbocycles. The summed E-state index contributed by atoms with van der Waals surface area (Å²) in [6.07, 6.45) is 5.65. The lowest BCUT2D eigenvalue weighted by Crippen LogP contribution is -2.44. The van der Waals surface area contributed by atoms with Gasteiger partial charge < -0.3 is 9.64 Å². The average molecular weight is 429 g/mol. The molecule has 2 heterocycles. The van der Waals surface area contributed by atoms with Gasteiger partial charge in [0.1, 0.15) is 11.3 Å². The molecule has 6 nitrogen and oxygen atoms in total. The third kappa shape index (κ3) is 4.35. The summed E-state index contributed by atoms with van der Waals surface area (Å²) in [7, 11) is 0. The minimum atomic E-state index is -0.331. The zero-order valence-electron chi connectivity index (χ0n) is 18.9. The van der Waals surface area contributed by atoms with Crippen molar-refractivity contribution in [2.45, 2.75) is 33.2 Å². The molecule has 0 saturated carbocycles. The number of rotatable bonds is 6. The largest absolute Gasteiger partial charge is 0.481 e. The maximum absolute atomic E-state index is 12.2. The molecule has 6 heteroatoms. The number of nitrogens with zero attached hydrogens (tertiary/aromatic N) is 3. The van der Waals surface area contributed by atoms with Gasteiger partial charge in [0.15, 0.2) is 6.61 Å². The topological polar surface area (TPSA) is 66.8 Å². The van der Waals surface area contributed by atoms with Crippen LogP contribution in [-0.2, 0) is 4.79 Å². The zero-order valence-corrected chi connectivity index (χ0v) is 18.9. The van der Waals surface area contributed by atoms with Gasteiger partial charge in [-0.25, -0.2) is 5.43 Å². The van der Waals surface area contributed by atoms with Gasteiger partial charge in [0.05, 0.1) is 11.8 Å². The molecule has 32 heavy (non-hydrogen) atoms. The number of likely N-dealkylation sites (N-methyl/N-ethyl adjacent to an activating group) is 1. The Morgan fingerprint density at radius 1 is 1.22 bits per heavy atom. The number of pyridine rings is 1. The van der Waals surface area contributed by atoms with Crippen molar-refractivity contribution in [1.82, 2.24) is 10.4 Å². The number of aromatic nitrogens is 1. The predicted molar refractivity (Wildman–Crippen MR) is 130 cm³/mol. The highest BCUT2D eigenvalue weighted by Crippen LogP contribution is 2.38. The zero-order chi connectivity index (χ0) is 22.7. The predicted octanol–water partition coefficient (Wildman–Crippen LogP) is 4.79. The van der Waals surface area contributed by atoms with Gasteiger partial charge in [-0.3, -0.25) is 9.78 Å². The van der Waals surface area contributed by atoms with Crippen molar-refractivity contribution in [2.24, 2.45) is 5.10 Å². The SMILES string of the molecule is CCN1c2ccc(/C=N\NC(=O)COc3cccc4cccnc34)cc2C(C)=CC1(C)C. The van der Waals surface area contributed by atoms with E-state index in [1.807, 2.05) is 30.3 Å². The minimum absolute atomic E-state index is 0.0188. The molecule has 0 atom stereocenters. The fourth-order valence-electron chi connectivity index (χ4n) is 4.31. The van der Waals surface area contributed by atoms with Crippen molar-refractivity contribution in [2.75, 3.05) is 18.1 Å². The van der Waals surface area contributed by atoms with Crippen LogP contribution in [0.5, 0.6) is 5.75 Å². The summed E-state index contributed by atoms with van der Waals surface area (Å²) in [5, 5.41) is 5.07. The van der Waals surface area contributed by atoms with Gasteiger partial charge in [0.25, 0.3) is 5.91 Å². The summed E-state index contributed by atoms with van der Waals surface area (Å²) in [4.78, 5) is 18.9. The average Bonchev–Trinajstić information content (AvgIpc) is 2.77. The van der Waals surface area contributed by atoms with E-state index in [1.54, 1.807) is 18.5 Å². The molecule has 164 valence electrons. The van der Waals surface area contributed by atoms with E-state index in [4.69, 9.17) is 4.74 Å². The van der Waals surface area contributed by atoms with E-state index in [0.29, 0.717) is 5.75 Å². The molecule has 0 radical (unpaired) electrons. The van der Waals surface area contributed by atoms with Crippen LogP contribution in [0.2, 0.25) is 0 Å². The smallest absolute Gasteiger partial charge is 0.277 e. The fourth-order valence-corrected chi connectivity index (χ4v) is 4.31. The Labute approximate surface area is 188 Å². The van der Waals surface area contributed by atoms with Crippen LogP contribution in [0, 0.1) is 0 Å². The van der Waals surface area contributed by atoms with Gasteiger partial charge in [-0.1, -0.05) is 30.3 Å². The lowest BCUT2D eigenvalue weighted by Gasteiger charge is -2.42. The number of allylic oxidation sites excluding steroid dienone is 1. The molecular weight excluding hydrogens is 400 g/mol. The minimum Gasteiger partial charge on any atom is -0.481 e. The second kappa shape index (κ2) is 8.83. The first-order chi connectivity index (χ1) is 15.4. The molecule has 3 aromatic rings. The van der Waals surface area contributed by atoms with Crippen LogP contribution in [-0.4, -0.2) is 35.8 Å². The molecular formula is C26H28N4O2. The summed E-state index contributed by atoms with van der Waals surface area (Å²) in [5.41, 5.74) is 7.82. The first-order valence-electron chi connectivity index (χ1n) is 10.8. The van der Waals surface area contributed by atoms with E-state index >= 15 is 0 Å². The Balaban J connectivity index is 1.40. The number of anilines is 1. The van der Waals surface area contributed by atoms with Gasteiger partial charge >= 0.3 is 0 Å². The number of para-hydroxylation sites is 1. The molecule has 1 aliphatic rings. The molecule has 1 aromatic heterocycles. The third-order valence-corrected chi connectivity index (χ3v) is 5.68. The summed E-state index contributed by atoms with van der Waals surface area (Å²) < 4.78 is 5.65. The van der Waals surface area contributed by atoms with Crippen LogP contribution in [0.4, 0.5) is 5.69 Å². The van der Waals surface area contributed by atoms with Crippen molar-refractivity contribution in [3.05, 3.63) is 71.9 Å². The van der Waals surface area contributed by atoms with Crippen molar-refractivity contribution >= 4 is 34.3 Å². The van der Waals surface area contributed by atoms with Crippen LogP contribution in [0.15, 0.2) is 65.9 Å². The Morgan fingerprint density at radius 2 is 2.03 bits per heavy atom. The number of benzene rings is 2. The molecule has 4 rings (SSSR count). The van der Waals surface area contributed by atoms with Crippen LogP contribution in [0.1, 0.15) is 38.8 Å². The molecule has 0 aliphatic carbocycles. The van der Waals surface area contributed by atoms with E-state index in [0.717, 1.165) is 23.0 Å². The molecule has 1 amide bonds. The van der Waals surface area contributed by atoms with Crippen LogP contribution in [0.3, 0.4) is 0 Å². The van der Waals surface area contributed by atoms with Crippen molar-refractivity contribution in [1.29, 1.82) is 0 Å². The molecule has 0 saturated heterocycles. The Hall–Kier alpha value is -3.67. The van der Waals surface area contributed by atoms with Gasteiger partial charge in [0.2, 0.25) is 0 Å². The first kappa shape index (κ1) is 21.6. The lowest BCUT2D eigenvalue weighted by molar-refractivity contribution is -0.123. The summed E-state index contributed by atoms with van der Waals surface area (Å²) >= 11 is 0. The maximum atomic E-state index is 12.2. The molecule has 0 bridgehead atoms. The number of amides is 1. The van der Waals surface area contributed by atoms with Crippen molar-refractivity contribution in [3.8, 4) is 5.75 Å². The number of carbonyl (C=O) groups excluding carboxylic acids is 1. The standard InChI is InChI=1S/C26H28N4O2/c1-5-30-22-12-11-19(14-21(22)18(2)15-26(30,3)4)16-28-29-24(31)17-32-23-10-6-8-20-9-7-13-27-25(20)23/h6-16H,5,17H2,1-4H3,(H,29,31)/b28-16-. The van der Waals surface area contributed by atoms with E-state index in [1.165, 1.54) is 16.8 Å². The van der Waals surface area contributed by atoms with Gasteiger partial charge in [-0.2, -0.15) is 5.10 Å². The number of hydrogen-bond acceptors (Lipinski definition) is 5. The second-order valence-corrected chi connectivity index (χ2v) is 8.41. The number of hydrogen-bond donors (Lipinski definition) is 1. The Kier molecular flexibility index (Phi) is 5.95. The van der Waals surface area contributed by atoms with Gasteiger partial charge in [-0.05, 0) is 63.1 Å². The summed E-state index contributed by atoms with van der Waals surface area (Å²) in [5.74, 6) is 0.240. The van der Waals surface area contributed by atoms with Gasteiger partial charge in [-0.15, -0.1) is 0 Å². The van der Waals surface area contributed by atoms with E-state index in [9.17, 15) is 4.79 Å². The maximum Gasteiger partial charge on any atom is 0.277 e. The highest BCUT2D eigenvalue weighted by molar-refractivity contribution is 5.89. The highest BCUT2D eigenvalue weighted by Gasteiger charge is 2.29. The summed E-state index contributed by atoms with van der Waals surface area (Å²) in [6, 6.07) is 15.7. The van der Waals surface area contributed by atoms with Crippen LogP contribution < -0.4 is 15.1 Å². The molecule has 0 spiro atoms. The molecule has 0 unspecified atom stereocenters.